The minimum Gasteiger partial charge on any atom is -0.507 e. The van der Waals surface area contributed by atoms with Gasteiger partial charge in [-0.2, -0.15) is 0 Å². The van der Waals surface area contributed by atoms with E-state index in [-0.39, 0.29) is 29.4 Å². The number of phenolic OH excluding ortho intramolecular Hbond substituents is 1. The molecule has 0 aromatic heterocycles. The normalized spacial score (nSPS) is 28.4. The number of rotatable bonds is 3. The number of benzene rings is 2. The molecule has 2 aromatic carbocycles. The Bertz CT molecular complexity index is 1110. The number of aromatic hydroxyl groups is 1. The van der Waals surface area contributed by atoms with E-state index in [0.717, 1.165) is 33.8 Å². The van der Waals surface area contributed by atoms with Crippen molar-refractivity contribution in [2.75, 3.05) is 6.54 Å². The molecule has 2 fully saturated rings. The Labute approximate surface area is 181 Å². The molecular weight excluding hydrogens is 393 g/mol. The molecule has 0 unspecified atom stereocenters. The minimum atomic E-state index is -1.11. The van der Waals surface area contributed by atoms with Gasteiger partial charge < -0.3 is 14.8 Å². The zero-order chi connectivity index (χ0) is 21.9. The van der Waals surface area contributed by atoms with Gasteiger partial charge >= 0.3 is 7.12 Å². The van der Waals surface area contributed by atoms with E-state index in [1.165, 1.54) is 4.90 Å². The van der Waals surface area contributed by atoms with Gasteiger partial charge in [-0.1, -0.05) is 42.8 Å². The summed E-state index contributed by atoms with van der Waals surface area (Å²) in [5.74, 6) is -1.04. The zero-order valence-electron chi connectivity index (χ0n) is 17.7. The summed E-state index contributed by atoms with van der Waals surface area (Å²) < 4.78 is 6.05. The number of allylic oxidation sites excluding steroid dienone is 2. The van der Waals surface area contributed by atoms with Gasteiger partial charge in [0.1, 0.15) is 5.75 Å². The van der Waals surface area contributed by atoms with Crippen molar-refractivity contribution in [1.29, 1.82) is 0 Å². The van der Waals surface area contributed by atoms with Gasteiger partial charge in [0.05, 0.1) is 17.9 Å². The number of hydrogen-bond donors (Lipinski definition) is 2. The molecule has 31 heavy (non-hydrogen) atoms. The van der Waals surface area contributed by atoms with E-state index in [0.29, 0.717) is 19.4 Å². The molecule has 160 valence electrons. The van der Waals surface area contributed by atoms with Crippen molar-refractivity contribution < 1.29 is 24.4 Å². The van der Waals surface area contributed by atoms with Gasteiger partial charge in [0.25, 0.3) is 0 Å². The van der Waals surface area contributed by atoms with Crippen LogP contribution in [0, 0.1) is 17.8 Å². The van der Waals surface area contributed by atoms with E-state index in [2.05, 4.69) is 0 Å². The van der Waals surface area contributed by atoms with Crippen LogP contribution in [0.25, 0.3) is 10.8 Å². The number of fused-ring (bicyclic) bond motifs is 4. The van der Waals surface area contributed by atoms with E-state index in [1.54, 1.807) is 6.07 Å². The average molecular weight is 419 g/mol. The molecule has 4 atom stereocenters. The lowest BCUT2D eigenvalue weighted by molar-refractivity contribution is -0.140. The third-order valence-corrected chi connectivity index (χ3v) is 7.18. The number of hydrogen-bond acceptors (Lipinski definition) is 5. The molecule has 2 N–H and O–H groups in total. The van der Waals surface area contributed by atoms with Crippen molar-refractivity contribution in [1.82, 2.24) is 4.90 Å². The number of amides is 2. The Morgan fingerprint density at radius 1 is 1.10 bits per heavy atom. The number of carbonyl (C=O) groups excluding carboxylic acids is 2. The van der Waals surface area contributed by atoms with Gasteiger partial charge in [-0.25, -0.2) is 0 Å². The summed E-state index contributed by atoms with van der Waals surface area (Å²) in [4.78, 5) is 27.6. The van der Waals surface area contributed by atoms with Crippen LogP contribution in [0.15, 0.2) is 47.4 Å². The molecule has 0 spiro atoms. The number of carbonyl (C=O) groups is 2. The lowest BCUT2D eigenvalue weighted by Gasteiger charge is -2.41. The zero-order valence-corrected chi connectivity index (χ0v) is 17.7. The fourth-order valence-electron chi connectivity index (χ4n) is 5.85. The lowest BCUT2D eigenvalue weighted by Crippen LogP contribution is -2.44. The lowest BCUT2D eigenvalue weighted by atomic mass is 9.55. The first-order chi connectivity index (χ1) is 14.9. The summed E-state index contributed by atoms with van der Waals surface area (Å²) in [7, 11) is -1.11. The van der Waals surface area contributed by atoms with E-state index < -0.39 is 19.1 Å². The predicted octanol–water partition coefficient (Wildman–Crippen LogP) is 3.37. The van der Waals surface area contributed by atoms with Gasteiger partial charge in [0.15, 0.2) is 0 Å². The van der Waals surface area contributed by atoms with E-state index >= 15 is 0 Å². The van der Waals surface area contributed by atoms with Crippen molar-refractivity contribution in [2.24, 2.45) is 17.8 Å². The van der Waals surface area contributed by atoms with Gasteiger partial charge in [0.2, 0.25) is 11.8 Å². The minimum absolute atomic E-state index is 0.0807. The molecule has 2 saturated heterocycles. The fraction of sp³-hybridized carbons (Fsp3) is 0.417. The molecule has 7 heteroatoms. The standard InChI is InChI=1S/C24H26BNO5/c1-3-10-26-23(28)18-11-13(2)22-17(21(18)24(26)29)12-20(31-25(22)30)16-8-9-19(27)15-7-5-4-6-14(15)16/h4-9,17-18,20-21,27,30H,3,10-12H2,1-2H3/t17-,18-,20-,21+/m0/s1. The highest BCUT2D eigenvalue weighted by atomic mass is 16.5. The Morgan fingerprint density at radius 3 is 2.58 bits per heavy atom. The SMILES string of the molecule is CCCN1C(=O)[C@H]2[C@H](CC(C)=C3B(O)O[C@H](c4ccc(O)c5ccccc45)C[C@H]32)C1=O. The average Bonchev–Trinajstić information content (AvgIpc) is 2.99. The molecule has 6 nitrogen and oxygen atoms in total. The second-order valence-corrected chi connectivity index (χ2v) is 8.94. The van der Waals surface area contributed by atoms with Crippen LogP contribution in [-0.2, 0) is 14.2 Å². The van der Waals surface area contributed by atoms with Crippen molar-refractivity contribution in [2.45, 2.75) is 39.2 Å². The molecule has 2 heterocycles. The van der Waals surface area contributed by atoms with Crippen molar-refractivity contribution in [3.8, 4) is 5.75 Å². The van der Waals surface area contributed by atoms with Crippen molar-refractivity contribution in [3.63, 3.8) is 0 Å². The molecule has 2 aromatic rings. The monoisotopic (exact) mass is 419 g/mol. The van der Waals surface area contributed by atoms with Crippen LogP contribution in [0.2, 0.25) is 0 Å². The topological polar surface area (TPSA) is 87.1 Å². The maximum atomic E-state index is 13.2. The van der Waals surface area contributed by atoms with E-state index in [1.807, 2.05) is 44.2 Å². The molecular formula is C24H26BNO5. The van der Waals surface area contributed by atoms with Crippen LogP contribution in [0.3, 0.4) is 0 Å². The summed E-state index contributed by atoms with van der Waals surface area (Å²) >= 11 is 0. The fourth-order valence-corrected chi connectivity index (χ4v) is 5.85. The molecule has 2 aliphatic heterocycles. The van der Waals surface area contributed by atoms with Crippen LogP contribution in [0.5, 0.6) is 5.75 Å². The smallest absolute Gasteiger partial charge is 0.487 e. The Kier molecular flexibility index (Phi) is 4.91. The summed E-state index contributed by atoms with van der Waals surface area (Å²) in [6.45, 7) is 4.33. The van der Waals surface area contributed by atoms with Crippen LogP contribution in [0.4, 0.5) is 0 Å². The highest BCUT2D eigenvalue weighted by molar-refractivity contribution is 6.53. The summed E-state index contributed by atoms with van der Waals surface area (Å²) in [6.07, 6.45) is 1.30. The van der Waals surface area contributed by atoms with Crippen LogP contribution in [0.1, 0.15) is 44.8 Å². The summed E-state index contributed by atoms with van der Waals surface area (Å²) in [5, 5.41) is 22.8. The molecule has 2 amide bonds. The Hall–Kier alpha value is -2.64. The summed E-state index contributed by atoms with van der Waals surface area (Å²) in [6, 6.07) is 11.0. The van der Waals surface area contributed by atoms with Crippen molar-refractivity contribution >= 4 is 29.7 Å². The van der Waals surface area contributed by atoms with Crippen LogP contribution < -0.4 is 0 Å². The molecule has 1 aliphatic carbocycles. The van der Waals surface area contributed by atoms with Gasteiger partial charge in [0, 0.05) is 11.9 Å². The molecule has 0 bridgehead atoms. The third-order valence-electron chi connectivity index (χ3n) is 7.18. The highest BCUT2D eigenvalue weighted by Crippen LogP contribution is 2.52. The number of nitrogens with zero attached hydrogens (tertiary/aromatic N) is 1. The number of phenols is 1. The molecule has 0 radical (unpaired) electrons. The first kappa shape index (κ1) is 20.3. The second kappa shape index (κ2) is 7.50. The maximum Gasteiger partial charge on any atom is 0.487 e. The molecule has 3 aliphatic rings. The number of likely N-dealkylation sites (tertiary alicyclic amines) is 1. The molecule has 0 saturated carbocycles. The van der Waals surface area contributed by atoms with Crippen molar-refractivity contribution in [3.05, 3.63) is 53.0 Å². The van der Waals surface area contributed by atoms with Gasteiger partial charge in [-0.3, -0.25) is 14.5 Å². The largest absolute Gasteiger partial charge is 0.507 e. The van der Waals surface area contributed by atoms with Gasteiger partial charge in [-0.05, 0) is 54.6 Å². The highest BCUT2D eigenvalue weighted by Gasteiger charge is 2.57. The van der Waals surface area contributed by atoms with E-state index in [9.17, 15) is 19.7 Å². The maximum absolute atomic E-state index is 13.2. The third kappa shape index (κ3) is 3.02. The molecule has 5 rings (SSSR count). The quantitative estimate of drug-likeness (QED) is 0.589. The Morgan fingerprint density at radius 2 is 1.84 bits per heavy atom. The number of imide groups is 1. The first-order valence-corrected chi connectivity index (χ1v) is 11.0. The first-order valence-electron chi connectivity index (χ1n) is 11.0. The van der Waals surface area contributed by atoms with E-state index in [4.69, 9.17) is 4.65 Å². The predicted molar refractivity (Wildman–Crippen MR) is 117 cm³/mol. The second-order valence-electron chi connectivity index (χ2n) is 8.94. The van der Waals surface area contributed by atoms with Gasteiger partial charge in [-0.15, -0.1) is 0 Å². The Balaban J connectivity index is 1.56. The van der Waals surface area contributed by atoms with Crippen LogP contribution >= 0.6 is 0 Å². The summed E-state index contributed by atoms with van der Waals surface area (Å²) in [5.41, 5.74) is 2.58. The van der Waals surface area contributed by atoms with Crippen LogP contribution in [-0.4, -0.2) is 40.5 Å².